The summed E-state index contributed by atoms with van der Waals surface area (Å²) >= 11 is 0. The number of alkyl halides is 3. The van der Waals surface area contributed by atoms with Crippen molar-refractivity contribution in [1.29, 1.82) is 0 Å². The summed E-state index contributed by atoms with van der Waals surface area (Å²) in [5.41, 5.74) is 6.04. The molecule has 0 fully saturated rings. The summed E-state index contributed by atoms with van der Waals surface area (Å²) in [6.45, 7) is -1.32. The zero-order valence-electron chi connectivity index (χ0n) is 13.0. The number of ether oxygens (including phenoxy) is 1. The van der Waals surface area contributed by atoms with Gasteiger partial charge in [-0.1, -0.05) is 5.21 Å². The van der Waals surface area contributed by atoms with E-state index in [-0.39, 0.29) is 25.3 Å². The summed E-state index contributed by atoms with van der Waals surface area (Å²) < 4.78 is 42.4. The van der Waals surface area contributed by atoms with Gasteiger partial charge in [0.25, 0.3) is 0 Å². The number of nitrogens with two attached hydrogens (primary N) is 1. The third-order valence-electron chi connectivity index (χ3n) is 3.17. The zero-order chi connectivity index (χ0) is 18.4. The first-order valence-corrected chi connectivity index (χ1v) is 7.23. The number of aromatic nitrogens is 4. The Hall–Kier alpha value is -2.69. The second-order valence-electron chi connectivity index (χ2n) is 5.18. The van der Waals surface area contributed by atoms with Crippen molar-refractivity contribution in [3.05, 3.63) is 35.9 Å². The van der Waals surface area contributed by atoms with Crippen LogP contribution in [-0.4, -0.2) is 50.4 Å². The van der Waals surface area contributed by atoms with Crippen LogP contribution in [0.5, 0.6) is 5.75 Å². The maximum Gasteiger partial charge on any atom is 0.422 e. The van der Waals surface area contributed by atoms with E-state index in [4.69, 9.17) is 10.8 Å². The van der Waals surface area contributed by atoms with Crippen LogP contribution < -0.4 is 10.5 Å². The van der Waals surface area contributed by atoms with Gasteiger partial charge in [-0.05, 0) is 12.1 Å². The number of primary amides is 1. The van der Waals surface area contributed by atoms with Crippen molar-refractivity contribution in [2.45, 2.75) is 25.1 Å². The molecule has 2 aromatic heterocycles. The molecule has 0 saturated carbocycles. The third-order valence-corrected chi connectivity index (χ3v) is 3.17. The van der Waals surface area contributed by atoms with Gasteiger partial charge in [0.15, 0.2) is 6.61 Å². The fourth-order valence-electron chi connectivity index (χ4n) is 2.10. The van der Waals surface area contributed by atoms with Crippen LogP contribution in [0.25, 0.3) is 0 Å². The van der Waals surface area contributed by atoms with Crippen molar-refractivity contribution in [3.8, 4) is 5.75 Å². The molecule has 1 amide bonds. The number of carbonyl (C=O) groups excluding carboxylic acids is 1. The second-order valence-corrected chi connectivity index (χ2v) is 5.18. The maximum absolute atomic E-state index is 12.1. The van der Waals surface area contributed by atoms with Crippen molar-refractivity contribution < 1.29 is 27.8 Å². The lowest BCUT2D eigenvalue weighted by molar-refractivity contribution is -0.153. The summed E-state index contributed by atoms with van der Waals surface area (Å²) in [4.78, 5) is 15.4. The van der Waals surface area contributed by atoms with E-state index in [0.717, 1.165) is 6.20 Å². The minimum Gasteiger partial charge on any atom is -0.483 e. The number of amides is 1. The Morgan fingerprint density at radius 2 is 2.12 bits per heavy atom. The zero-order valence-corrected chi connectivity index (χ0v) is 13.0. The molecular formula is C14H16F3N5O3. The molecule has 2 heterocycles. The van der Waals surface area contributed by atoms with Crippen LogP contribution in [0.15, 0.2) is 24.5 Å². The molecule has 0 aliphatic heterocycles. The molecule has 0 bridgehead atoms. The number of pyridine rings is 1. The number of carbonyl (C=O) groups is 1. The third kappa shape index (κ3) is 5.71. The van der Waals surface area contributed by atoms with E-state index in [9.17, 15) is 18.0 Å². The monoisotopic (exact) mass is 359 g/mol. The molecule has 0 aromatic carbocycles. The molecule has 2 rings (SSSR count). The van der Waals surface area contributed by atoms with Crippen LogP contribution in [0.1, 0.15) is 23.7 Å². The van der Waals surface area contributed by atoms with Crippen molar-refractivity contribution in [2.24, 2.45) is 5.73 Å². The molecule has 0 aliphatic carbocycles. The molecule has 11 heteroatoms. The highest BCUT2D eigenvalue weighted by atomic mass is 19.4. The van der Waals surface area contributed by atoms with Crippen molar-refractivity contribution in [3.63, 3.8) is 0 Å². The van der Waals surface area contributed by atoms with Crippen molar-refractivity contribution >= 4 is 5.91 Å². The lowest BCUT2D eigenvalue weighted by atomic mass is 9.97. The van der Waals surface area contributed by atoms with E-state index in [1.54, 1.807) is 6.20 Å². The number of rotatable bonds is 8. The summed E-state index contributed by atoms with van der Waals surface area (Å²) in [5, 5.41) is 16.6. The highest BCUT2D eigenvalue weighted by molar-refractivity contribution is 5.75. The van der Waals surface area contributed by atoms with Gasteiger partial charge in [0.05, 0.1) is 36.7 Å². The Morgan fingerprint density at radius 3 is 2.68 bits per heavy atom. The number of hydrogen-bond acceptors (Lipinski definition) is 6. The molecule has 3 N–H and O–H groups in total. The maximum atomic E-state index is 12.1. The van der Waals surface area contributed by atoms with E-state index >= 15 is 0 Å². The fourth-order valence-corrected chi connectivity index (χ4v) is 2.10. The standard InChI is InChI=1S/C14H16F3N5O3/c15-14(16,17)8-25-9-1-2-11(19-6-9)10(5-13(18)24)12-7-22(3-4-23)21-20-12/h1-2,6-7,10,23H,3-5,8H2,(H2,18,24). The van der Waals surface area contributed by atoms with Gasteiger partial charge in [-0.15, -0.1) is 5.10 Å². The number of halogens is 3. The Morgan fingerprint density at radius 1 is 1.36 bits per heavy atom. The molecule has 0 saturated heterocycles. The van der Waals surface area contributed by atoms with Crippen molar-refractivity contribution in [1.82, 2.24) is 20.0 Å². The molecule has 0 radical (unpaired) electrons. The SMILES string of the molecule is NC(=O)CC(c1ccc(OCC(F)(F)F)cn1)c1cn(CCO)nn1. The van der Waals surface area contributed by atoms with Crippen LogP contribution >= 0.6 is 0 Å². The van der Waals surface area contributed by atoms with Gasteiger partial charge in [-0.2, -0.15) is 13.2 Å². The predicted octanol–water partition coefficient (Wildman–Crippen LogP) is 0.614. The second kappa shape index (κ2) is 7.92. The minimum absolute atomic E-state index is 0.0529. The topological polar surface area (TPSA) is 116 Å². The fraction of sp³-hybridized carbons (Fsp3) is 0.429. The summed E-state index contributed by atoms with van der Waals surface area (Å²) in [6.07, 6.45) is -1.88. The van der Waals surface area contributed by atoms with Crippen LogP contribution in [0.4, 0.5) is 13.2 Å². The Labute approximate surface area is 140 Å². The number of aliphatic hydroxyl groups is 1. The first kappa shape index (κ1) is 18.6. The van der Waals surface area contributed by atoms with Gasteiger partial charge >= 0.3 is 6.18 Å². The van der Waals surface area contributed by atoms with Gasteiger partial charge in [0.1, 0.15) is 5.75 Å². The predicted molar refractivity (Wildman–Crippen MR) is 78.5 cm³/mol. The lowest BCUT2D eigenvalue weighted by Crippen LogP contribution is -2.19. The largest absolute Gasteiger partial charge is 0.483 e. The summed E-state index contributed by atoms with van der Waals surface area (Å²) in [6, 6.07) is 2.75. The van der Waals surface area contributed by atoms with E-state index in [1.165, 1.54) is 16.8 Å². The Bertz CT molecular complexity index is 702. The highest BCUT2D eigenvalue weighted by Crippen LogP contribution is 2.26. The van der Waals surface area contributed by atoms with Gasteiger partial charge in [0.2, 0.25) is 5.91 Å². The van der Waals surface area contributed by atoms with Gasteiger partial charge in [-0.3, -0.25) is 9.78 Å². The first-order valence-electron chi connectivity index (χ1n) is 7.23. The molecule has 8 nitrogen and oxygen atoms in total. The summed E-state index contributed by atoms with van der Waals surface area (Å²) in [5.74, 6) is -1.26. The Kier molecular flexibility index (Phi) is 5.91. The van der Waals surface area contributed by atoms with Gasteiger partial charge < -0.3 is 15.6 Å². The van der Waals surface area contributed by atoms with Crippen LogP contribution in [0.2, 0.25) is 0 Å². The molecule has 136 valence electrons. The molecule has 25 heavy (non-hydrogen) atoms. The average Bonchev–Trinajstić information content (AvgIpc) is 2.99. The lowest BCUT2D eigenvalue weighted by Gasteiger charge is -2.13. The quantitative estimate of drug-likeness (QED) is 0.714. The Balaban J connectivity index is 2.18. The van der Waals surface area contributed by atoms with E-state index < -0.39 is 24.6 Å². The van der Waals surface area contributed by atoms with Crippen LogP contribution in [0, 0.1) is 0 Å². The molecular weight excluding hydrogens is 343 g/mol. The van der Waals surface area contributed by atoms with Crippen LogP contribution in [-0.2, 0) is 11.3 Å². The smallest absolute Gasteiger partial charge is 0.422 e. The molecule has 0 spiro atoms. The first-order chi connectivity index (χ1) is 11.8. The minimum atomic E-state index is -4.45. The number of aliphatic hydroxyl groups excluding tert-OH is 1. The van der Waals surface area contributed by atoms with Crippen molar-refractivity contribution in [2.75, 3.05) is 13.2 Å². The molecule has 2 aromatic rings. The van der Waals surface area contributed by atoms with E-state index in [1.807, 2.05) is 0 Å². The molecule has 1 unspecified atom stereocenters. The van der Waals surface area contributed by atoms with Gasteiger partial charge in [-0.25, -0.2) is 4.68 Å². The molecule has 1 atom stereocenters. The number of nitrogens with zero attached hydrogens (tertiary/aromatic N) is 4. The van der Waals surface area contributed by atoms with Crippen LogP contribution in [0.3, 0.4) is 0 Å². The number of hydrogen-bond donors (Lipinski definition) is 2. The highest BCUT2D eigenvalue weighted by Gasteiger charge is 2.28. The van der Waals surface area contributed by atoms with Gasteiger partial charge in [0, 0.05) is 12.6 Å². The average molecular weight is 359 g/mol. The molecule has 0 aliphatic rings. The normalized spacial score (nSPS) is 12.8. The van der Waals surface area contributed by atoms with E-state index in [2.05, 4.69) is 20.0 Å². The summed E-state index contributed by atoms with van der Waals surface area (Å²) in [7, 11) is 0. The van der Waals surface area contributed by atoms with E-state index in [0.29, 0.717) is 11.4 Å².